The first-order chi connectivity index (χ1) is 14.7. The molecule has 0 bridgehead atoms. The first-order valence-electron chi connectivity index (χ1n) is 9.52. The minimum absolute atomic E-state index is 0.0135. The van der Waals surface area contributed by atoms with Crippen LogP contribution in [0.1, 0.15) is 33.6 Å². The van der Waals surface area contributed by atoms with Crippen molar-refractivity contribution in [2.75, 3.05) is 33.1 Å². The molecule has 1 N–H and O–H groups in total. The summed E-state index contributed by atoms with van der Waals surface area (Å²) in [5.74, 6) is -0.825. The molecule has 0 radical (unpaired) electrons. The third-order valence-electron chi connectivity index (χ3n) is 4.89. The Morgan fingerprint density at radius 2 is 1.68 bits per heavy atom. The number of anilines is 1. The normalized spacial score (nSPS) is 13.5. The minimum atomic E-state index is -3.68. The quantitative estimate of drug-likeness (QED) is 0.622. The van der Waals surface area contributed by atoms with Crippen LogP contribution in [0.2, 0.25) is 0 Å². The van der Waals surface area contributed by atoms with Crippen LogP contribution in [0.25, 0.3) is 0 Å². The Kier molecular flexibility index (Phi) is 6.42. The summed E-state index contributed by atoms with van der Waals surface area (Å²) in [5, 5.41) is 2.64. The summed E-state index contributed by atoms with van der Waals surface area (Å²) in [5.41, 5.74) is 0.942. The van der Waals surface area contributed by atoms with Crippen molar-refractivity contribution in [3.8, 4) is 5.75 Å². The smallest absolute Gasteiger partial charge is 0.261 e. The van der Waals surface area contributed by atoms with Gasteiger partial charge in [0.25, 0.3) is 11.8 Å². The zero-order chi connectivity index (χ0) is 22.8. The van der Waals surface area contributed by atoms with E-state index >= 15 is 0 Å². The number of hydrogen-bond acceptors (Lipinski definition) is 6. The number of nitrogens with zero attached hydrogens (tertiary/aromatic N) is 2. The molecule has 1 heterocycles. The largest absolute Gasteiger partial charge is 0.495 e. The van der Waals surface area contributed by atoms with Crippen LogP contribution in [0.15, 0.2) is 47.4 Å². The van der Waals surface area contributed by atoms with E-state index < -0.39 is 15.9 Å². The highest BCUT2D eigenvalue weighted by molar-refractivity contribution is 7.89. The van der Waals surface area contributed by atoms with E-state index in [1.54, 1.807) is 24.3 Å². The van der Waals surface area contributed by atoms with Crippen molar-refractivity contribution in [1.29, 1.82) is 0 Å². The number of sulfonamides is 1. The lowest BCUT2D eigenvalue weighted by molar-refractivity contribution is -0.116. The van der Waals surface area contributed by atoms with Crippen molar-refractivity contribution < 1.29 is 27.5 Å². The number of fused-ring (bicyclic) bond motifs is 1. The van der Waals surface area contributed by atoms with E-state index in [-0.39, 0.29) is 41.8 Å². The standard InChI is InChI=1S/C21H23N3O6S/c1-23(2)31(28,29)14-10-11-18(30-3)17(13-14)22-19(25)9-6-12-24-20(26)15-7-4-5-8-16(15)21(24)27/h4-5,7-8,10-11,13H,6,9,12H2,1-3H3,(H,22,25). The molecule has 0 aliphatic carbocycles. The molecule has 1 aliphatic heterocycles. The minimum Gasteiger partial charge on any atom is -0.495 e. The first kappa shape index (κ1) is 22.4. The molecule has 1 aliphatic rings. The van der Waals surface area contributed by atoms with Crippen molar-refractivity contribution in [1.82, 2.24) is 9.21 Å². The molecule has 164 valence electrons. The fourth-order valence-corrected chi connectivity index (χ4v) is 4.14. The number of benzene rings is 2. The molecule has 0 spiro atoms. The van der Waals surface area contributed by atoms with Crippen molar-refractivity contribution in [3.63, 3.8) is 0 Å². The maximum atomic E-state index is 12.4. The number of carbonyl (C=O) groups is 3. The molecule has 3 amide bonds. The number of rotatable bonds is 8. The van der Waals surface area contributed by atoms with Crippen LogP contribution in [0.4, 0.5) is 5.69 Å². The lowest BCUT2D eigenvalue weighted by Crippen LogP contribution is -2.31. The lowest BCUT2D eigenvalue weighted by Gasteiger charge is -2.16. The van der Waals surface area contributed by atoms with Gasteiger partial charge in [0.1, 0.15) is 5.75 Å². The fourth-order valence-electron chi connectivity index (χ4n) is 3.21. The second kappa shape index (κ2) is 8.86. The molecule has 2 aromatic rings. The number of ether oxygens (including phenoxy) is 1. The second-order valence-electron chi connectivity index (χ2n) is 7.11. The van der Waals surface area contributed by atoms with Crippen molar-refractivity contribution in [3.05, 3.63) is 53.6 Å². The van der Waals surface area contributed by atoms with E-state index in [1.165, 1.54) is 39.4 Å². The topological polar surface area (TPSA) is 113 Å². The van der Waals surface area contributed by atoms with E-state index in [1.807, 2.05) is 0 Å². The Morgan fingerprint density at radius 1 is 1.06 bits per heavy atom. The first-order valence-corrected chi connectivity index (χ1v) is 11.0. The zero-order valence-electron chi connectivity index (χ0n) is 17.4. The number of methoxy groups -OCH3 is 1. The van der Waals surface area contributed by atoms with Crippen LogP contribution >= 0.6 is 0 Å². The van der Waals surface area contributed by atoms with Gasteiger partial charge >= 0.3 is 0 Å². The monoisotopic (exact) mass is 445 g/mol. The molecule has 9 nitrogen and oxygen atoms in total. The predicted molar refractivity (Wildman–Crippen MR) is 114 cm³/mol. The number of hydrogen-bond donors (Lipinski definition) is 1. The van der Waals surface area contributed by atoms with Crippen molar-refractivity contribution in [2.24, 2.45) is 0 Å². The van der Waals surface area contributed by atoms with Gasteiger partial charge in [0.15, 0.2) is 0 Å². The summed E-state index contributed by atoms with van der Waals surface area (Å²) in [6.07, 6.45) is 0.288. The molecule has 0 saturated heterocycles. The highest BCUT2D eigenvalue weighted by atomic mass is 32.2. The van der Waals surface area contributed by atoms with Gasteiger partial charge in [-0.2, -0.15) is 0 Å². The molecule has 0 aromatic heterocycles. The number of imide groups is 1. The SMILES string of the molecule is COc1ccc(S(=O)(=O)N(C)C)cc1NC(=O)CCCN1C(=O)c2ccccc2C1=O. The average Bonchev–Trinajstić information content (AvgIpc) is 2.98. The molecule has 31 heavy (non-hydrogen) atoms. The van der Waals surface area contributed by atoms with Crippen LogP contribution in [0, 0.1) is 0 Å². The van der Waals surface area contributed by atoms with E-state index in [0.29, 0.717) is 16.9 Å². The third kappa shape index (κ3) is 4.44. The Bertz CT molecular complexity index is 1110. The van der Waals surface area contributed by atoms with Gasteiger partial charge in [0.05, 0.1) is 28.8 Å². The molecule has 2 aromatic carbocycles. The fraction of sp³-hybridized carbons (Fsp3) is 0.286. The van der Waals surface area contributed by atoms with Gasteiger partial charge in [-0.05, 0) is 36.8 Å². The molecule has 0 unspecified atom stereocenters. The molecule has 0 atom stereocenters. The molecule has 3 rings (SSSR count). The van der Waals surface area contributed by atoms with E-state index in [4.69, 9.17) is 4.74 Å². The lowest BCUT2D eigenvalue weighted by atomic mass is 10.1. The number of carbonyl (C=O) groups excluding carboxylic acids is 3. The highest BCUT2D eigenvalue weighted by Crippen LogP contribution is 2.29. The Hall–Kier alpha value is -3.24. The summed E-state index contributed by atoms with van der Waals surface area (Å²) in [4.78, 5) is 38.3. The Morgan fingerprint density at radius 3 is 2.23 bits per heavy atom. The van der Waals surface area contributed by atoms with Gasteiger partial charge in [0, 0.05) is 27.1 Å². The Balaban J connectivity index is 1.64. The summed E-state index contributed by atoms with van der Waals surface area (Å²) < 4.78 is 31.0. The van der Waals surface area contributed by atoms with Gasteiger partial charge in [-0.1, -0.05) is 12.1 Å². The summed E-state index contributed by atoms with van der Waals surface area (Å²) >= 11 is 0. The van der Waals surface area contributed by atoms with Crippen LogP contribution in [-0.2, 0) is 14.8 Å². The van der Waals surface area contributed by atoms with Crippen molar-refractivity contribution >= 4 is 33.4 Å². The Labute approximate surface area is 180 Å². The molecule has 10 heteroatoms. The molecule has 0 saturated carbocycles. The third-order valence-corrected chi connectivity index (χ3v) is 6.70. The van der Waals surface area contributed by atoms with Crippen LogP contribution in [0.3, 0.4) is 0 Å². The van der Waals surface area contributed by atoms with E-state index in [9.17, 15) is 22.8 Å². The molecular formula is C21H23N3O6S. The molecule has 0 fully saturated rings. The predicted octanol–water partition coefficient (Wildman–Crippen LogP) is 1.96. The average molecular weight is 445 g/mol. The van der Waals surface area contributed by atoms with Crippen LogP contribution in [-0.4, -0.2) is 63.1 Å². The summed E-state index contributed by atoms with van der Waals surface area (Å²) in [6, 6.07) is 10.8. The van der Waals surface area contributed by atoms with Crippen molar-refractivity contribution in [2.45, 2.75) is 17.7 Å². The second-order valence-corrected chi connectivity index (χ2v) is 9.26. The maximum absolute atomic E-state index is 12.4. The van der Waals surface area contributed by atoms with E-state index in [2.05, 4.69) is 5.32 Å². The van der Waals surface area contributed by atoms with E-state index in [0.717, 1.165) is 9.21 Å². The number of amides is 3. The zero-order valence-corrected chi connectivity index (χ0v) is 18.2. The summed E-state index contributed by atoms with van der Waals surface area (Å²) in [7, 11) is 0.556. The van der Waals surface area contributed by atoms with Crippen LogP contribution in [0.5, 0.6) is 5.75 Å². The highest BCUT2D eigenvalue weighted by Gasteiger charge is 2.34. The van der Waals surface area contributed by atoms with Gasteiger partial charge in [-0.15, -0.1) is 0 Å². The maximum Gasteiger partial charge on any atom is 0.261 e. The van der Waals surface area contributed by atoms with Gasteiger partial charge in [0.2, 0.25) is 15.9 Å². The molecular weight excluding hydrogens is 422 g/mol. The van der Waals surface area contributed by atoms with Gasteiger partial charge in [-0.25, -0.2) is 12.7 Å². The van der Waals surface area contributed by atoms with Crippen LogP contribution < -0.4 is 10.1 Å². The van der Waals surface area contributed by atoms with Gasteiger partial charge < -0.3 is 10.1 Å². The number of nitrogens with one attached hydrogen (secondary N) is 1. The summed E-state index contributed by atoms with van der Waals surface area (Å²) in [6.45, 7) is 0.103. The van der Waals surface area contributed by atoms with Gasteiger partial charge in [-0.3, -0.25) is 19.3 Å².